The van der Waals surface area contributed by atoms with Gasteiger partial charge in [-0.05, 0) is 25.5 Å². The number of benzene rings is 1. The summed E-state index contributed by atoms with van der Waals surface area (Å²) in [7, 11) is -2.22. The van der Waals surface area contributed by atoms with E-state index in [1.54, 1.807) is 27.0 Å². The molecule has 6 nitrogen and oxygen atoms in total. The maximum atomic E-state index is 12.8. The topological polar surface area (TPSA) is 76.9 Å². The molecule has 3 aromatic rings. The normalized spacial score (nSPS) is 12.4. The number of anilines is 1. The number of sulfonamides is 1. The Hall–Kier alpha value is -2.40. The summed E-state index contributed by atoms with van der Waals surface area (Å²) in [4.78, 5) is 4.76. The third-order valence-corrected chi connectivity index (χ3v) is 6.75. The number of hydrogen-bond donors (Lipinski definition) is 1. The Morgan fingerprint density at radius 1 is 1.25 bits per heavy atom. The van der Waals surface area contributed by atoms with Crippen LogP contribution in [0.3, 0.4) is 0 Å². The first-order valence-electron chi connectivity index (χ1n) is 8.11. The Morgan fingerprint density at radius 3 is 2.57 bits per heavy atom. The second kappa shape index (κ2) is 7.21. The average molecular weight is 430 g/mol. The molecule has 1 N–H and O–H groups in total. The fourth-order valence-electron chi connectivity index (χ4n) is 2.80. The zero-order valence-electron chi connectivity index (χ0n) is 15.2. The second-order valence-corrected chi connectivity index (χ2v) is 8.97. The Bertz CT molecular complexity index is 1120. The molecule has 150 valence electrons. The summed E-state index contributed by atoms with van der Waals surface area (Å²) in [5.74, 6) is 0. The van der Waals surface area contributed by atoms with Gasteiger partial charge in [0.25, 0.3) is 10.0 Å². The summed E-state index contributed by atoms with van der Waals surface area (Å²) in [6.07, 6.45) is -2.75. The fourth-order valence-corrected chi connectivity index (χ4v) is 5.33. The van der Waals surface area contributed by atoms with E-state index in [2.05, 4.69) is 14.8 Å². The molecule has 0 aliphatic heterocycles. The number of alkyl halides is 3. The molecule has 0 radical (unpaired) electrons. The molecule has 0 unspecified atom stereocenters. The van der Waals surface area contributed by atoms with Crippen molar-refractivity contribution in [2.75, 3.05) is 4.72 Å². The van der Waals surface area contributed by atoms with Gasteiger partial charge in [-0.15, -0.1) is 11.3 Å². The van der Waals surface area contributed by atoms with Crippen molar-refractivity contribution in [2.45, 2.75) is 31.3 Å². The van der Waals surface area contributed by atoms with E-state index in [4.69, 9.17) is 0 Å². The van der Waals surface area contributed by atoms with Crippen LogP contribution in [0, 0.1) is 13.8 Å². The van der Waals surface area contributed by atoms with E-state index in [1.807, 2.05) is 0 Å². The van der Waals surface area contributed by atoms with E-state index < -0.39 is 21.8 Å². The van der Waals surface area contributed by atoms with E-state index in [0.29, 0.717) is 21.8 Å². The predicted octanol–water partition coefficient (Wildman–Crippen LogP) is 3.90. The van der Waals surface area contributed by atoms with Gasteiger partial charge in [-0.2, -0.15) is 18.3 Å². The lowest BCUT2D eigenvalue weighted by Gasteiger charge is -2.08. The average Bonchev–Trinajstić information content (AvgIpc) is 3.10. The molecule has 11 heteroatoms. The molecule has 0 atom stereocenters. The zero-order chi connectivity index (χ0) is 20.7. The molecule has 0 fully saturated rings. The largest absolute Gasteiger partial charge is 0.416 e. The molecule has 1 aromatic carbocycles. The van der Waals surface area contributed by atoms with E-state index in [1.165, 1.54) is 16.9 Å². The first kappa shape index (κ1) is 20.3. The van der Waals surface area contributed by atoms with Crippen LogP contribution in [0.1, 0.15) is 27.4 Å². The van der Waals surface area contributed by atoms with Crippen LogP contribution in [0.2, 0.25) is 0 Å². The third-order valence-electron chi connectivity index (χ3n) is 4.12. The monoisotopic (exact) mass is 430 g/mol. The van der Waals surface area contributed by atoms with Crippen LogP contribution in [0.4, 0.5) is 18.3 Å². The first-order chi connectivity index (χ1) is 13.0. The van der Waals surface area contributed by atoms with Gasteiger partial charge in [0, 0.05) is 24.5 Å². The lowest BCUT2D eigenvalue weighted by molar-refractivity contribution is -0.137. The maximum Gasteiger partial charge on any atom is 0.416 e. The van der Waals surface area contributed by atoms with Gasteiger partial charge in [-0.3, -0.25) is 9.40 Å². The highest BCUT2D eigenvalue weighted by molar-refractivity contribution is 7.93. The van der Waals surface area contributed by atoms with Crippen LogP contribution in [0.15, 0.2) is 35.4 Å². The molecule has 0 amide bonds. The van der Waals surface area contributed by atoms with Gasteiger partial charge >= 0.3 is 6.18 Å². The van der Waals surface area contributed by atoms with Crippen molar-refractivity contribution < 1.29 is 21.6 Å². The highest BCUT2D eigenvalue weighted by Gasteiger charge is 2.30. The van der Waals surface area contributed by atoms with Gasteiger partial charge < -0.3 is 0 Å². The number of halogens is 3. The third kappa shape index (κ3) is 4.20. The molecule has 3 rings (SSSR count). The molecule has 0 saturated carbocycles. The number of aryl methyl sites for hydroxylation is 2. The Balaban J connectivity index is 1.80. The summed E-state index contributed by atoms with van der Waals surface area (Å²) in [6.45, 7) is 3.25. The van der Waals surface area contributed by atoms with Gasteiger partial charge in [0.05, 0.1) is 17.0 Å². The van der Waals surface area contributed by atoms with Crippen LogP contribution in [0.25, 0.3) is 0 Å². The standard InChI is InChI=1S/C17H17F3N4O2S2/c1-10-15(11(2)24(3)22-10)28(25,26)23-16-21-9-14(27-16)8-12-5-4-6-13(7-12)17(18,19)20/h4-7,9H,8H2,1-3H3,(H,21,23). The van der Waals surface area contributed by atoms with Gasteiger partial charge in [0.1, 0.15) is 4.90 Å². The number of nitrogens with one attached hydrogen (secondary N) is 1. The SMILES string of the molecule is Cc1nn(C)c(C)c1S(=O)(=O)Nc1ncc(Cc2cccc(C(F)(F)F)c2)s1. The van der Waals surface area contributed by atoms with Gasteiger partial charge in [0.15, 0.2) is 5.13 Å². The van der Waals surface area contributed by atoms with E-state index >= 15 is 0 Å². The van der Waals surface area contributed by atoms with Crippen molar-refractivity contribution in [3.05, 3.63) is 57.9 Å². The highest BCUT2D eigenvalue weighted by Crippen LogP contribution is 2.31. The second-order valence-electron chi connectivity index (χ2n) is 6.24. The Kier molecular flexibility index (Phi) is 5.24. The molecule has 0 aliphatic carbocycles. The number of aromatic nitrogens is 3. The predicted molar refractivity (Wildman–Crippen MR) is 99.9 cm³/mol. The van der Waals surface area contributed by atoms with Crippen LogP contribution in [-0.2, 0) is 29.7 Å². The van der Waals surface area contributed by atoms with Crippen LogP contribution < -0.4 is 4.72 Å². The molecule has 0 aliphatic rings. The zero-order valence-corrected chi connectivity index (χ0v) is 16.8. The smallest absolute Gasteiger partial charge is 0.271 e. The number of thiazole rings is 1. The van der Waals surface area contributed by atoms with E-state index in [-0.39, 0.29) is 16.4 Å². The first-order valence-corrected chi connectivity index (χ1v) is 10.4. The van der Waals surface area contributed by atoms with E-state index in [0.717, 1.165) is 23.5 Å². The van der Waals surface area contributed by atoms with Gasteiger partial charge in [0.2, 0.25) is 0 Å². The molecule has 0 bridgehead atoms. The summed E-state index contributed by atoms with van der Waals surface area (Å²) in [5.41, 5.74) is 0.601. The molecule has 0 spiro atoms. The fraction of sp³-hybridized carbons (Fsp3) is 0.294. The summed E-state index contributed by atoms with van der Waals surface area (Å²) < 4.78 is 67.7. The van der Waals surface area contributed by atoms with Crippen LogP contribution >= 0.6 is 11.3 Å². The van der Waals surface area contributed by atoms with Crippen molar-refractivity contribution in [3.63, 3.8) is 0 Å². The minimum Gasteiger partial charge on any atom is -0.271 e. The minimum atomic E-state index is -4.41. The number of hydrogen-bond acceptors (Lipinski definition) is 5. The molecular formula is C17H17F3N4O2S2. The summed E-state index contributed by atoms with van der Waals surface area (Å²) >= 11 is 1.07. The van der Waals surface area contributed by atoms with Crippen molar-refractivity contribution >= 4 is 26.5 Å². The van der Waals surface area contributed by atoms with Gasteiger partial charge in [-0.1, -0.05) is 18.2 Å². The lowest BCUT2D eigenvalue weighted by atomic mass is 10.1. The van der Waals surface area contributed by atoms with Crippen molar-refractivity contribution in [1.29, 1.82) is 0 Å². The minimum absolute atomic E-state index is 0.0876. The lowest BCUT2D eigenvalue weighted by Crippen LogP contribution is -2.14. The molecule has 0 saturated heterocycles. The molecular weight excluding hydrogens is 413 g/mol. The Labute approximate surface area is 164 Å². The molecule has 2 aromatic heterocycles. The molecule has 28 heavy (non-hydrogen) atoms. The quantitative estimate of drug-likeness (QED) is 0.666. The van der Waals surface area contributed by atoms with Crippen molar-refractivity contribution in [2.24, 2.45) is 7.05 Å². The van der Waals surface area contributed by atoms with E-state index in [9.17, 15) is 21.6 Å². The number of nitrogens with zero attached hydrogens (tertiary/aromatic N) is 3. The summed E-state index contributed by atoms with van der Waals surface area (Å²) in [5, 5.41) is 4.24. The Morgan fingerprint density at radius 2 is 1.96 bits per heavy atom. The van der Waals surface area contributed by atoms with Crippen LogP contribution in [-0.4, -0.2) is 23.2 Å². The van der Waals surface area contributed by atoms with Crippen LogP contribution in [0.5, 0.6) is 0 Å². The van der Waals surface area contributed by atoms with Crippen molar-refractivity contribution in [3.8, 4) is 0 Å². The highest BCUT2D eigenvalue weighted by atomic mass is 32.2. The molecule has 2 heterocycles. The van der Waals surface area contributed by atoms with Gasteiger partial charge in [-0.25, -0.2) is 13.4 Å². The summed E-state index contributed by atoms with van der Waals surface area (Å²) in [6, 6.07) is 5.01. The number of rotatable bonds is 5. The maximum absolute atomic E-state index is 12.8. The van der Waals surface area contributed by atoms with Crippen molar-refractivity contribution in [1.82, 2.24) is 14.8 Å².